The molecule has 0 N–H and O–H groups in total. The number of aliphatic imine (C=N–C) groups is 1. The Kier molecular flexibility index (Phi) is 7.83. The maximum atomic E-state index is 12.8. The Labute approximate surface area is 190 Å². The summed E-state index contributed by atoms with van der Waals surface area (Å²) in [6, 6.07) is 29.4. The summed E-state index contributed by atoms with van der Waals surface area (Å²) in [6.45, 7) is 6.22. The van der Waals surface area contributed by atoms with Gasteiger partial charge in [0.05, 0.1) is 12.2 Å². The first-order valence-electron chi connectivity index (χ1n) is 10.6. The zero-order valence-electron chi connectivity index (χ0n) is 18.8. The van der Waals surface area contributed by atoms with Crippen molar-refractivity contribution < 1.29 is 9.53 Å². The van der Waals surface area contributed by atoms with E-state index >= 15 is 0 Å². The molecule has 162 valence electrons. The lowest BCUT2D eigenvalue weighted by Crippen LogP contribution is -2.36. The fourth-order valence-electron chi connectivity index (χ4n) is 2.93. The lowest BCUT2D eigenvalue weighted by atomic mass is 10.1. The van der Waals surface area contributed by atoms with Crippen molar-refractivity contribution in [1.29, 1.82) is 0 Å². The molecule has 0 unspecified atom stereocenters. The summed E-state index contributed by atoms with van der Waals surface area (Å²) in [5.41, 5.74) is 2.84. The first-order chi connectivity index (χ1) is 15.4. The zero-order chi connectivity index (χ0) is 22.8. The van der Waals surface area contributed by atoms with E-state index in [1.165, 1.54) is 0 Å². The van der Waals surface area contributed by atoms with E-state index in [0.29, 0.717) is 12.3 Å². The van der Waals surface area contributed by atoms with Crippen LogP contribution in [-0.4, -0.2) is 28.9 Å². The van der Waals surface area contributed by atoms with Gasteiger partial charge in [-0.25, -0.2) is 9.79 Å². The van der Waals surface area contributed by atoms with Crippen molar-refractivity contribution in [2.45, 2.75) is 32.9 Å². The molecule has 0 atom stereocenters. The van der Waals surface area contributed by atoms with Crippen molar-refractivity contribution in [3.8, 4) is 11.8 Å². The Hall–Kier alpha value is -3.84. The molecule has 0 aliphatic heterocycles. The van der Waals surface area contributed by atoms with Crippen molar-refractivity contribution in [2.75, 3.05) is 6.54 Å². The summed E-state index contributed by atoms with van der Waals surface area (Å²) < 4.78 is 5.60. The van der Waals surface area contributed by atoms with Crippen LogP contribution in [0, 0.1) is 11.8 Å². The minimum atomic E-state index is -0.580. The second-order valence-corrected chi connectivity index (χ2v) is 8.29. The molecular formula is C28H28N2O2. The van der Waals surface area contributed by atoms with Crippen LogP contribution in [0.4, 0.5) is 10.5 Å². The number of carbonyl (C=O) groups is 1. The summed E-state index contributed by atoms with van der Waals surface area (Å²) in [5.74, 6) is 6.30. The van der Waals surface area contributed by atoms with Gasteiger partial charge in [-0.3, -0.25) is 4.90 Å². The lowest BCUT2D eigenvalue weighted by Gasteiger charge is -2.26. The number of rotatable bonds is 5. The predicted molar refractivity (Wildman–Crippen MR) is 130 cm³/mol. The molecule has 0 saturated heterocycles. The van der Waals surface area contributed by atoms with E-state index in [4.69, 9.17) is 9.73 Å². The average Bonchev–Trinajstić information content (AvgIpc) is 2.78. The number of carbonyl (C=O) groups excluding carboxylic acids is 1. The SMILES string of the molecule is CC(C)(C)OC(=O)N(CC#CC(=Nc1ccccc1)c1ccccc1)Cc1ccccc1. The maximum absolute atomic E-state index is 12.8. The molecule has 3 rings (SSSR count). The van der Waals surface area contributed by atoms with E-state index in [1.807, 2.05) is 112 Å². The number of benzene rings is 3. The third kappa shape index (κ3) is 7.45. The van der Waals surface area contributed by atoms with Gasteiger partial charge in [0.15, 0.2) is 0 Å². The molecule has 0 aliphatic carbocycles. The molecule has 3 aromatic rings. The number of hydrogen-bond acceptors (Lipinski definition) is 3. The van der Waals surface area contributed by atoms with Crippen LogP contribution in [0.3, 0.4) is 0 Å². The Morgan fingerprint density at radius 2 is 1.44 bits per heavy atom. The number of hydrogen-bond donors (Lipinski definition) is 0. The number of nitrogens with zero attached hydrogens (tertiary/aromatic N) is 2. The molecule has 0 aliphatic rings. The molecule has 0 fully saturated rings. The minimum Gasteiger partial charge on any atom is -0.444 e. The van der Waals surface area contributed by atoms with Crippen LogP contribution in [0.15, 0.2) is 96.0 Å². The second kappa shape index (κ2) is 11.0. The van der Waals surface area contributed by atoms with Gasteiger partial charge in [0.2, 0.25) is 0 Å². The van der Waals surface area contributed by atoms with Crippen molar-refractivity contribution in [3.05, 3.63) is 102 Å². The normalized spacial score (nSPS) is 11.3. The fourth-order valence-corrected chi connectivity index (χ4v) is 2.93. The van der Waals surface area contributed by atoms with Crippen LogP contribution < -0.4 is 0 Å². The third-order valence-electron chi connectivity index (χ3n) is 4.39. The lowest BCUT2D eigenvalue weighted by molar-refractivity contribution is 0.0260. The predicted octanol–water partition coefficient (Wildman–Crippen LogP) is 6.25. The van der Waals surface area contributed by atoms with Gasteiger partial charge >= 0.3 is 6.09 Å². The zero-order valence-corrected chi connectivity index (χ0v) is 18.8. The van der Waals surface area contributed by atoms with Gasteiger partial charge in [0, 0.05) is 12.1 Å². The van der Waals surface area contributed by atoms with E-state index < -0.39 is 11.7 Å². The summed E-state index contributed by atoms with van der Waals surface area (Å²) in [7, 11) is 0. The van der Waals surface area contributed by atoms with Crippen molar-refractivity contribution in [2.24, 2.45) is 4.99 Å². The molecule has 3 aromatic carbocycles. The maximum Gasteiger partial charge on any atom is 0.411 e. The molecule has 4 nitrogen and oxygen atoms in total. The van der Waals surface area contributed by atoms with Gasteiger partial charge in [-0.15, -0.1) is 0 Å². The van der Waals surface area contributed by atoms with Crippen LogP contribution in [-0.2, 0) is 11.3 Å². The topological polar surface area (TPSA) is 41.9 Å². The number of para-hydroxylation sites is 1. The van der Waals surface area contributed by atoms with Crippen molar-refractivity contribution in [1.82, 2.24) is 4.90 Å². The smallest absolute Gasteiger partial charge is 0.411 e. The standard InChI is InChI=1S/C28H28N2O2/c1-28(2,3)32-27(31)30(22-23-14-7-4-8-15-23)21-13-20-26(24-16-9-5-10-17-24)29-25-18-11-6-12-19-25/h4-12,14-19H,21-22H2,1-3H3. The second-order valence-electron chi connectivity index (χ2n) is 8.29. The van der Waals surface area contributed by atoms with Gasteiger partial charge < -0.3 is 4.74 Å². The fraction of sp³-hybridized carbons (Fsp3) is 0.214. The first kappa shape index (κ1) is 22.8. The Bertz CT molecular complexity index is 1090. The quantitative estimate of drug-likeness (QED) is 0.359. The van der Waals surface area contributed by atoms with E-state index in [0.717, 1.165) is 16.8 Å². The van der Waals surface area contributed by atoms with Gasteiger partial charge in [-0.2, -0.15) is 0 Å². The molecule has 0 aromatic heterocycles. The minimum absolute atomic E-state index is 0.227. The van der Waals surface area contributed by atoms with Crippen LogP contribution in [0.2, 0.25) is 0 Å². The van der Waals surface area contributed by atoms with Gasteiger partial charge in [0.1, 0.15) is 11.3 Å². The van der Waals surface area contributed by atoms with E-state index in [-0.39, 0.29) is 6.54 Å². The van der Waals surface area contributed by atoms with E-state index in [1.54, 1.807) is 4.90 Å². The molecule has 0 heterocycles. The highest BCUT2D eigenvalue weighted by atomic mass is 16.6. The monoisotopic (exact) mass is 424 g/mol. The highest BCUT2D eigenvalue weighted by molar-refractivity contribution is 6.14. The highest BCUT2D eigenvalue weighted by Crippen LogP contribution is 2.14. The van der Waals surface area contributed by atoms with Gasteiger partial charge in [0.25, 0.3) is 0 Å². The Balaban J connectivity index is 1.86. The third-order valence-corrected chi connectivity index (χ3v) is 4.39. The molecule has 0 radical (unpaired) electrons. The summed E-state index contributed by atoms with van der Waals surface area (Å²) >= 11 is 0. The summed E-state index contributed by atoms with van der Waals surface area (Å²) in [5, 5.41) is 0. The van der Waals surface area contributed by atoms with Gasteiger partial charge in [-0.1, -0.05) is 84.8 Å². The number of amides is 1. The van der Waals surface area contributed by atoms with Crippen molar-refractivity contribution >= 4 is 17.5 Å². The highest BCUT2D eigenvalue weighted by Gasteiger charge is 2.21. The molecule has 0 saturated carbocycles. The van der Waals surface area contributed by atoms with Crippen LogP contribution in [0.25, 0.3) is 0 Å². The summed E-state index contributed by atoms with van der Waals surface area (Å²) in [6.07, 6.45) is -0.392. The molecule has 32 heavy (non-hydrogen) atoms. The molecule has 4 heteroatoms. The van der Waals surface area contributed by atoms with E-state index in [2.05, 4.69) is 11.8 Å². The molecule has 1 amide bonds. The largest absolute Gasteiger partial charge is 0.444 e. The molecule has 0 spiro atoms. The Morgan fingerprint density at radius 1 is 0.875 bits per heavy atom. The average molecular weight is 425 g/mol. The number of ether oxygens (including phenoxy) is 1. The van der Waals surface area contributed by atoms with Gasteiger partial charge in [-0.05, 0) is 44.4 Å². The van der Waals surface area contributed by atoms with Crippen LogP contribution >= 0.6 is 0 Å². The van der Waals surface area contributed by atoms with E-state index in [9.17, 15) is 4.79 Å². The van der Waals surface area contributed by atoms with Crippen LogP contribution in [0.5, 0.6) is 0 Å². The van der Waals surface area contributed by atoms with Crippen molar-refractivity contribution in [3.63, 3.8) is 0 Å². The molecule has 0 bridgehead atoms. The molecular weight excluding hydrogens is 396 g/mol. The first-order valence-corrected chi connectivity index (χ1v) is 10.6. The summed E-state index contributed by atoms with van der Waals surface area (Å²) in [4.78, 5) is 19.1. The Morgan fingerprint density at radius 3 is 2.03 bits per heavy atom. The van der Waals surface area contributed by atoms with Crippen LogP contribution in [0.1, 0.15) is 31.9 Å².